The fraction of sp³-hybridized carbons (Fsp3) is 0.188. The van der Waals surface area contributed by atoms with E-state index in [1.165, 1.54) is 27.5 Å². The highest BCUT2D eigenvalue weighted by Gasteiger charge is 2.33. The molecule has 0 saturated carbocycles. The highest BCUT2D eigenvalue weighted by atomic mass is 16.6. The number of benzene rings is 2. The van der Waals surface area contributed by atoms with Gasteiger partial charge in [0.25, 0.3) is 5.69 Å². The molecule has 0 atom stereocenters. The van der Waals surface area contributed by atoms with Gasteiger partial charge in [0.05, 0.1) is 47.3 Å². The predicted octanol–water partition coefficient (Wildman–Crippen LogP) is 2.90. The Kier molecular flexibility index (Phi) is 6.23. The van der Waals surface area contributed by atoms with Crippen molar-refractivity contribution in [3.63, 3.8) is 0 Å². The van der Waals surface area contributed by atoms with Gasteiger partial charge in [-0.3, -0.25) is 35.4 Å². The van der Waals surface area contributed by atoms with E-state index < -0.39 is 37.5 Å². The van der Waals surface area contributed by atoms with Crippen molar-refractivity contribution in [2.75, 3.05) is 26.3 Å². The number of nitro benzene ring substituents is 3. The van der Waals surface area contributed by atoms with E-state index in [0.29, 0.717) is 29.2 Å². The van der Waals surface area contributed by atoms with Gasteiger partial charge in [-0.2, -0.15) is 5.10 Å². The summed E-state index contributed by atoms with van der Waals surface area (Å²) in [7, 11) is 4.14. The average molecular weight is 405 g/mol. The molecule has 0 spiro atoms. The molecule has 0 aliphatic rings. The van der Waals surface area contributed by atoms with Crippen molar-refractivity contribution in [3.8, 4) is 11.5 Å². The maximum absolute atomic E-state index is 11.4. The van der Waals surface area contributed by atoms with E-state index in [-0.39, 0.29) is 0 Å². The first-order chi connectivity index (χ1) is 13.7. The molecule has 29 heavy (non-hydrogen) atoms. The maximum atomic E-state index is 11.4. The van der Waals surface area contributed by atoms with E-state index >= 15 is 0 Å². The second-order valence-electron chi connectivity index (χ2n) is 5.48. The number of non-ortho nitro benzene ring substituents is 1. The third-order valence-electron chi connectivity index (χ3n) is 3.79. The summed E-state index contributed by atoms with van der Waals surface area (Å²) < 4.78 is 10.3. The van der Waals surface area contributed by atoms with Crippen LogP contribution in [0, 0.1) is 30.3 Å². The van der Waals surface area contributed by atoms with Crippen LogP contribution in [0.2, 0.25) is 0 Å². The van der Waals surface area contributed by atoms with E-state index in [9.17, 15) is 30.3 Å². The van der Waals surface area contributed by atoms with E-state index in [2.05, 4.69) is 5.10 Å². The smallest absolute Gasteiger partial charge is 0.308 e. The number of ether oxygens (including phenoxy) is 2. The SMILES string of the molecule is COc1ccc(/C=N/N(C)c2c([N+](=O)[O-])cc([N+](=O)[O-])cc2[N+](=O)[O-])c(OC)c1. The van der Waals surface area contributed by atoms with Crippen LogP contribution in [0.4, 0.5) is 22.7 Å². The summed E-state index contributed by atoms with van der Waals surface area (Å²) in [5.41, 5.74) is -2.47. The molecule has 13 nitrogen and oxygen atoms in total. The standard InChI is InChI=1S/C16H15N5O8/c1-18(17-9-10-4-5-12(28-2)8-15(10)29-3)16-13(20(24)25)6-11(19(22)23)7-14(16)21(26)27/h4-9H,1-3H3/b17-9+. The van der Waals surface area contributed by atoms with Crippen LogP contribution >= 0.6 is 0 Å². The fourth-order valence-electron chi connectivity index (χ4n) is 2.44. The third kappa shape index (κ3) is 4.52. The predicted molar refractivity (Wildman–Crippen MR) is 102 cm³/mol. The normalized spacial score (nSPS) is 10.6. The molecule has 0 saturated heterocycles. The highest BCUT2D eigenvalue weighted by Crippen LogP contribution is 2.40. The molecule has 0 heterocycles. The van der Waals surface area contributed by atoms with Crippen LogP contribution in [0.1, 0.15) is 5.56 Å². The Hall–Kier alpha value is -4.29. The van der Waals surface area contributed by atoms with Gasteiger partial charge in [0.2, 0.25) is 5.69 Å². The Morgan fingerprint density at radius 1 is 0.931 bits per heavy atom. The number of anilines is 1. The van der Waals surface area contributed by atoms with Crippen LogP contribution < -0.4 is 14.5 Å². The van der Waals surface area contributed by atoms with E-state index in [0.717, 1.165) is 5.01 Å². The molecule has 0 aliphatic heterocycles. The largest absolute Gasteiger partial charge is 0.497 e. The Morgan fingerprint density at radius 2 is 1.52 bits per heavy atom. The minimum atomic E-state index is -0.949. The molecular formula is C16H15N5O8. The van der Waals surface area contributed by atoms with Crippen molar-refractivity contribution in [2.24, 2.45) is 5.10 Å². The monoisotopic (exact) mass is 405 g/mol. The summed E-state index contributed by atoms with van der Waals surface area (Å²) in [6.07, 6.45) is 1.27. The number of hydrogen-bond donors (Lipinski definition) is 0. The van der Waals surface area contributed by atoms with Crippen LogP contribution in [0.15, 0.2) is 35.4 Å². The summed E-state index contributed by atoms with van der Waals surface area (Å²) in [6, 6.07) is 6.09. The van der Waals surface area contributed by atoms with Crippen molar-refractivity contribution in [1.82, 2.24) is 0 Å². The molecule has 0 aromatic heterocycles. The van der Waals surface area contributed by atoms with Crippen molar-refractivity contribution >= 4 is 29.0 Å². The molecule has 152 valence electrons. The lowest BCUT2D eigenvalue weighted by atomic mass is 10.2. The van der Waals surface area contributed by atoms with Gasteiger partial charge in [-0.1, -0.05) is 0 Å². The molecule has 0 bridgehead atoms. The van der Waals surface area contributed by atoms with Gasteiger partial charge in [-0.05, 0) is 12.1 Å². The second kappa shape index (κ2) is 8.60. The van der Waals surface area contributed by atoms with Gasteiger partial charge in [0.1, 0.15) is 11.5 Å². The highest BCUT2D eigenvalue weighted by molar-refractivity contribution is 5.86. The third-order valence-corrected chi connectivity index (χ3v) is 3.79. The molecule has 0 unspecified atom stereocenters. The van der Waals surface area contributed by atoms with Gasteiger partial charge in [-0.25, -0.2) is 0 Å². The molecule has 13 heteroatoms. The second-order valence-corrected chi connectivity index (χ2v) is 5.48. The summed E-state index contributed by atoms with van der Waals surface area (Å²) >= 11 is 0. The number of hydrazone groups is 1. The Morgan fingerprint density at radius 3 is 1.97 bits per heavy atom. The maximum Gasteiger partial charge on any atom is 0.308 e. The van der Waals surface area contributed by atoms with Gasteiger partial charge in [-0.15, -0.1) is 0 Å². The number of rotatable bonds is 8. The van der Waals surface area contributed by atoms with Gasteiger partial charge in [0, 0.05) is 18.7 Å². The Bertz CT molecular complexity index is 972. The number of nitro groups is 3. The minimum Gasteiger partial charge on any atom is -0.497 e. The summed E-state index contributed by atoms with van der Waals surface area (Å²) in [6.45, 7) is 0. The van der Waals surface area contributed by atoms with Crippen LogP contribution in [-0.2, 0) is 0 Å². The molecule has 2 rings (SSSR count). The number of nitrogens with zero attached hydrogens (tertiary/aromatic N) is 5. The van der Waals surface area contributed by atoms with Crippen molar-refractivity contribution in [1.29, 1.82) is 0 Å². The first-order valence-corrected chi connectivity index (χ1v) is 7.80. The lowest BCUT2D eigenvalue weighted by Gasteiger charge is -2.13. The first-order valence-electron chi connectivity index (χ1n) is 7.80. The van der Waals surface area contributed by atoms with Crippen LogP contribution in [0.5, 0.6) is 11.5 Å². The molecule has 0 amide bonds. The van der Waals surface area contributed by atoms with Crippen molar-refractivity contribution in [3.05, 3.63) is 66.2 Å². The zero-order valence-corrected chi connectivity index (χ0v) is 15.5. The zero-order chi connectivity index (χ0) is 21.7. The molecule has 0 fully saturated rings. The van der Waals surface area contributed by atoms with Gasteiger partial charge >= 0.3 is 11.4 Å². The molecule has 2 aromatic carbocycles. The topological polar surface area (TPSA) is 163 Å². The summed E-state index contributed by atoms with van der Waals surface area (Å²) in [5.74, 6) is 0.906. The van der Waals surface area contributed by atoms with Gasteiger partial charge < -0.3 is 9.47 Å². The summed E-state index contributed by atoms with van der Waals surface area (Å²) in [5, 5.41) is 38.6. The first kappa shape index (κ1) is 21.0. The molecule has 0 aliphatic carbocycles. The Labute approximate surface area is 163 Å². The zero-order valence-electron chi connectivity index (χ0n) is 15.5. The van der Waals surface area contributed by atoms with E-state index in [1.54, 1.807) is 18.2 Å². The van der Waals surface area contributed by atoms with Crippen LogP contribution in [0.3, 0.4) is 0 Å². The Balaban J connectivity index is 2.56. The molecule has 2 aromatic rings. The van der Waals surface area contributed by atoms with Gasteiger partial charge in [0.15, 0.2) is 0 Å². The summed E-state index contributed by atoms with van der Waals surface area (Å²) in [4.78, 5) is 30.8. The minimum absolute atomic E-state index is 0.384. The van der Waals surface area contributed by atoms with E-state index in [1.807, 2.05) is 0 Å². The quantitative estimate of drug-likeness (QED) is 0.365. The fourth-order valence-corrected chi connectivity index (χ4v) is 2.44. The average Bonchev–Trinajstić information content (AvgIpc) is 2.70. The lowest BCUT2D eigenvalue weighted by Crippen LogP contribution is -2.14. The molecule has 0 N–H and O–H groups in total. The van der Waals surface area contributed by atoms with Crippen LogP contribution in [0.25, 0.3) is 0 Å². The van der Waals surface area contributed by atoms with Crippen LogP contribution in [-0.4, -0.2) is 42.3 Å². The lowest BCUT2D eigenvalue weighted by molar-refractivity contribution is -0.402. The number of hydrogen-bond acceptors (Lipinski definition) is 10. The van der Waals surface area contributed by atoms with Crippen molar-refractivity contribution in [2.45, 2.75) is 0 Å². The number of methoxy groups -OCH3 is 2. The van der Waals surface area contributed by atoms with E-state index in [4.69, 9.17) is 9.47 Å². The molecular weight excluding hydrogens is 390 g/mol. The van der Waals surface area contributed by atoms with Crippen molar-refractivity contribution < 1.29 is 24.2 Å². The molecule has 0 radical (unpaired) electrons.